The van der Waals surface area contributed by atoms with Crippen molar-refractivity contribution in [2.45, 2.75) is 33.8 Å². The van der Waals surface area contributed by atoms with Crippen LogP contribution >= 0.6 is 0 Å². The first kappa shape index (κ1) is 17.1. The number of nitrogens with one attached hydrogen (secondary N) is 1. The third-order valence-electron chi connectivity index (χ3n) is 2.48. The first-order valence-corrected chi connectivity index (χ1v) is 7.03. The summed E-state index contributed by atoms with van der Waals surface area (Å²) in [5.41, 5.74) is 4.73. The van der Waals surface area contributed by atoms with Gasteiger partial charge in [-0.25, -0.2) is 0 Å². The van der Waals surface area contributed by atoms with E-state index >= 15 is 0 Å². The lowest BCUT2D eigenvalue weighted by Gasteiger charge is -2.15. The van der Waals surface area contributed by atoms with E-state index in [1.165, 1.54) is 5.57 Å². The molecule has 4 heteroatoms. The van der Waals surface area contributed by atoms with Crippen LogP contribution in [0.4, 0.5) is 0 Å². The Hall–Kier alpha value is -1.94. The second-order valence-corrected chi connectivity index (χ2v) is 5.19. The number of allylic oxidation sites excluding steroid dienone is 2. The number of hydrogen-bond acceptors (Lipinski definition) is 4. The number of hydrogen-bond donors (Lipinski definition) is 1. The lowest BCUT2D eigenvalue weighted by molar-refractivity contribution is -0.0201. The molecule has 116 valence electrons. The fraction of sp³-hybridized carbons (Fsp3) is 0.412. The molecule has 1 aromatic rings. The van der Waals surface area contributed by atoms with Crippen LogP contribution in [0.5, 0.6) is 11.5 Å². The molecule has 0 aliphatic heterocycles. The van der Waals surface area contributed by atoms with Crippen LogP contribution in [-0.2, 0) is 4.84 Å². The first-order chi connectivity index (χ1) is 9.97. The van der Waals surface area contributed by atoms with E-state index in [0.29, 0.717) is 13.2 Å². The second kappa shape index (κ2) is 9.08. The van der Waals surface area contributed by atoms with Gasteiger partial charge >= 0.3 is 0 Å². The zero-order chi connectivity index (χ0) is 15.7. The standard InChI is InChI=1S/C17H25NO3/c1-13(2)10-11-19-16-6-8-17(9-7-16)20-12-15(5)21-18-14(3)4/h6-10,15,18H,3,11-12H2,1-2,4-5H3. The van der Waals surface area contributed by atoms with Crippen molar-refractivity contribution in [1.82, 2.24) is 5.48 Å². The van der Waals surface area contributed by atoms with Crippen LogP contribution in [0.15, 0.2) is 48.2 Å². The van der Waals surface area contributed by atoms with E-state index in [1.807, 2.05) is 58.0 Å². The Bertz CT molecular complexity index is 461. The number of ether oxygens (including phenoxy) is 2. The average molecular weight is 291 g/mol. The van der Waals surface area contributed by atoms with Gasteiger partial charge in [-0.1, -0.05) is 12.2 Å². The third-order valence-corrected chi connectivity index (χ3v) is 2.48. The molecule has 0 aromatic heterocycles. The van der Waals surface area contributed by atoms with Crippen LogP contribution in [-0.4, -0.2) is 19.3 Å². The second-order valence-electron chi connectivity index (χ2n) is 5.19. The minimum absolute atomic E-state index is 0.0738. The summed E-state index contributed by atoms with van der Waals surface area (Å²) in [7, 11) is 0. The molecule has 0 amide bonds. The summed E-state index contributed by atoms with van der Waals surface area (Å²) in [4.78, 5) is 5.32. The number of hydroxylamine groups is 1. The maximum Gasteiger partial charge on any atom is 0.120 e. The molecule has 0 aliphatic rings. The van der Waals surface area contributed by atoms with Crippen molar-refractivity contribution in [2.75, 3.05) is 13.2 Å². The molecular weight excluding hydrogens is 266 g/mol. The highest BCUT2D eigenvalue weighted by Crippen LogP contribution is 2.18. The fourth-order valence-corrected chi connectivity index (χ4v) is 1.39. The largest absolute Gasteiger partial charge is 0.491 e. The molecule has 0 saturated heterocycles. The highest BCUT2D eigenvalue weighted by atomic mass is 16.7. The average Bonchev–Trinajstić information content (AvgIpc) is 2.44. The minimum Gasteiger partial charge on any atom is -0.491 e. The van der Waals surface area contributed by atoms with Gasteiger partial charge in [-0.15, -0.1) is 0 Å². The van der Waals surface area contributed by atoms with Crippen molar-refractivity contribution in [2.24, 2.45) is 0 Å². The van der Waals surface area contributed by atoms with E-state index in [1.54, 1.807) is 0 Å². The predicted molar refractivity (Wildman–Crippen MR) is 85.4 cm³/mol. The van der Waals surface area contributed by atoms with Crippen LogP contribution in [0.2, 0.25) is 0 Å². The summed E-state index contributed by atoms with van der Waals surface area (Å²) in [6.45, 7) is 12.6. The summed E-state index contributed by atoms with van der Waals surface area (Å²) in [5.74, 6) is 1.61. The van der Waals surface area contributed by atoms with E-state index in [0.717, 1.165) is 17.2 Å². The van der Waals surface area contributed by atoms with Crippen molar-refractivity contribution in [3.8, 4) is 11.5 Å². The van der Waals surface area contributed by atoms with Crippen molar-refractivity contribution < 1.29 is 14.3 Å². The predicted octanol–water partition coefficient (Wildman–Crippen LogP) is 3.85. The smallest absolute Gasteiger partial charge is 0.120 e. The fourth-order valence-electron chi connectivity index (χ4n) is 1.39. The maximum absolute atomic E-state index is 5.64. The van der Waals surface area contributed by atoms with E-state index in [2.05, 4.69) is 12.1 Å². The SMILES string of the molecule is C=C(C)NOC(C)COc1ccc(OCC=C(C)C)cc1. The van der Waals surface area contributed by atoms with E-state index < -0.39 is 0 Å². The van der Waals surface area contributed by atoms with Gasteiger partial charge in [0.2, 0.25) is 0 Å². The highest BCUT2D eigenvalue weighted by molar-refractivity contribution is 5.31. The molecule has 4 nitrogen and oxygen atoms in total. The van der Waals surface area contributed by atoms with Crippen LogP contribution in [0.25, 0.3) is 0 Å². The lowest BCUT2D eigenvalue weighted by Crippen LogP contribution is -2.25. The molecule has 0 fully saturated rings. The molecule has 0 saturated carbocycles. The Labute approximate surface area is 127 Å². The highest BCUT2D eigenvalue weighted by Gasteiger charge is 2.04. The summed E-state index contributed by atoms with van der Waals surface area (Å²) in [6.07, 6.45) is 1.97. The van der Waals surface area contributed by atoms with E-state index in [9.17, 15) is 0 Å². The van der Waals surface area contributed by atoms with Gasteiger partial charge in [-0.3, -0.25) is 10.3 Å². The molecule has 0 bridgehead atoms. The van der Waals surface area contributed by atoms with Gasteiger partial charge in [0.15, 0.2) is 0 Å². The Morgan fingerprint density at radius 2 is 1.71 bits per heavy atom. The molecule has 21 heavy (non-hydrogen) atoms. The van der Waals surface area contributed by atoms with E-state index in [-0.39, 0.29) is 6.10 Å². The molecule has 0 spiro atoms. The van der Waals surface area contributed by atoms with Crippen LogP contribution in [0.3, 0.4) is 0 Å². The van der Waals surface area contributed by atoms with Gasteiger partial charge in [0.25, 0.3) is 0 Å². The quantitative estimate of drug-likeness (QED) is 0.554. The zero-order valence-electron chi connectivity index (χ0n) is 13.3. The van der Waals surface area contributed by atoms with Gasteiger partial charge in [-0.2, -0.15) is 0 Å². The number of benzene rings is 1. The summed E-state index contributed by atoms with van der Waals surface area (Å²) >= 11 is 0. The lowest BCUT2D eigenvalue weighted by atomic mass is 10.3. The maximum atomic E-state index is 5.64. The molecule has 1 rings (SSSR count). The minimum atomic E-state index is -0.0738. The topological polar surface area (TPSA) is 39.7 Å². The van der Waals surface area contributed by atoms with Crippen LogP contribution < -0.4 is 15.0 Å². The molecule has 0 heterocycles. The summed E-state index contributed by atoms with van der Waals surface area (Å²) in [5, 5.41) is 0. The van der Waals surface area contributed by atoms with Gasteiger partial charge in [-0.05, 0) is 58.0 Å². The van der Waals surface area contributed by atoms with Crippen LogP contribution in [0.1, 0.15) is 27.7 Å². The molecule has 1 atom stereocenters. The Morgan fingerprint density at radius 3 is 2.24 bits per heavy atom. The first-order valence-electron chi connectivity index (χ1n) is 7.03. The number of rotatable bonds is 9. The van der Waals surface area contributed by atoms with Crippen molar-refractivity contribution in [3.63, 3.8) is 0 Å². The monoisotopic (exact) mass is 291 g/mol. The summed E-state index contributed by atoms with van der Waals surface area (Å²) < 4.78 is 11.2. The van der Waals surface area contributed by atoms with E-state index in [4.69, 9.17) is 14.3 Å². The van der Waals surface area contributed by atoms with Gasteiger partial charge < -0.3 is 9.47 Å². The molecule has 0 radical (unpaired) electrons. The van der Waals surface area contributed by atoms with Gasteiger partial charge in [0.05, 0.1) is 0 Å². The normalized spacial score (nSPS) is 11.4. The molecule has 1 aromatic carbocycles. The van der Waals surface area contributed by atoms with Gasteiger partial charge in [0, 0.05) is 5.70 Å². The van der Waals surface area contributed by atoms with Crippen molar-refractivity contribution in [3.05, 3.63) is 48.2 Å². The Kier molecular flexibility index (Phi) is 7.40. The molecule has 1 N–H and O–H groups in total. The molecular formula is C17H25NO3. The third kappa shape index (κ3) is 8.05. The Balaban J connectivity index is 2.33. The van der Waals surface area contributed by atoms with Crippen molar-refractivity contribution in [1.29, 1.82) is 0 Å². The summed E-state index contributed by atoms with van der Waals surface area (Å²) in [6, 6.07) is 7.56. The van der Waals surface area contributed by atoms with Crippen molar-refractivity contribution >= 4 is 0 Å². The zero-order valence-corrected chi connectivity index (χ0v) is 13.3. The van der Waals surface area contributed by atoms with Gasteiger partial charge in [0.1, 0.15) is 30.8 Å². The molecule has 0 aliphatic carbocycles. The molecule has 1 unspecified atom stereocenters. The Morgan fingerprint density at radius 1 is 1.14 bits per heavy atom. The van der Waals surface area contributed by atoms with Crippen LogP contribution in [0, 0.1) is 0 Å².